The fraction of sp³-hybridized carbons (Fsp3) is 0.435. The summed E-state index contributed by atoms with van der Waals surface area (Å²) in [6.07, 6.45) is 0.766. The summed E-state index contributed by atoms with van der Waals surface area (Å²) in [5, 5.41) is 5.76. The van der Waals surface area contributed by atoms with Crippen molar-refractivity contribution in [1.82, 2.24) is 10.3 Å². The van der Waals surface area contributed by atoms with Crippen LogP contribution in [0.25, 0.3) is 0 Å². The van der Waals surface area contributed by atoms with Crippen LogP contribution in [0, 0.1) is 19.8 Å². The monoisotopic (exact) mass is 413 g/mol. The molecular weight excluding hydrogens is 385 g/mol. The van der Waals surface area contributed by atoms with E-state index in [-0.39, 0.29) is 30.4 Å². The Kier molecular flexibility index (Phi) is 6.70. The number of nitrogens with one attached hydrogen (secondary N) is 2. The molecule has 0 radical (unpaired) electrons. The molecule has 2 amide bonds. The molecule has 0 aliphatic heterocycles. The third-order valence-electron chi connectivity index (χ3n) is 4.93. The average molecular weight is 413 g/mol. The summed E-state index contributed by atoms with van der Waals surface area (Å²) in [5.41, 5.74) is 2.88. The number of pyridine rings is 1. The number of aromatic nitrogens is 1. The van der Waals surface area contributed by atoms with Gasteiger partial charge >= 0.3 is 0 Å². The van der Waals surface area contributed by atoms with Gasteiger partial charge in [-0.1, -0.05) is 12.1 Å². The van der Waals surface area contributed by atoms with Crippen molar-refractivity contribution in [2.45, 2.75) is 52.8 Å². The van der Waals surface area contributed by atoms with Gasteiger partial charge in [0.15, 0.2) is 0 Å². The van der Waals surface area contributed by atoms with Crippen molar-refractivity contribution in [1.29, 1.82) is 0 Å². The molecule has 1 aliphatic carbocycles. The molecule has 2 aromatic rings. The molecule has 7 heteroatoms. The van der Waals surface area contributed by atoms with E-state index < -0.39 is 6.17 Å². The van der Waals surface area contributed by atoms with E-state index in [1.165, 1.54) is 6.92 Å². The normalized spacial score (nSPS) is 15.2. The molecule has 6 nitrogen and oxygen atoms in total. The van der Waals surface area contributed by atoms with Crippen molar-refractivity contribution >= 4 is 17.6 Å². The minimum atomic E-state index is -1.04. The van der Waals surface area contributed by atoms with Gasteiger partial charge in [0.1, 0.15) is 24.3 Å². The first kappa shape index (κ1) is 21.7. The summed E-state index contributed by atoms with van der Waals surface area (Å²) in [4.78, 5) is 29.1. The Balaban J connectivity index is 1.67. The van der Waals surface area contributed by atoms with Gasteiger partial charge in [-0.15, -0.1) is 0 Å². The predicted molar refractivity (Wildman–Crippen MR) is 113 cm³/mol. The molecular formula is C23H28FN3O3. The number of rotatable bonds is 8. The molecule has 0 spiro atoms. The number of aryl methyl sites for hydroxylation is 2. The third-order valence-corrected chi connectivity index (χ3v) is 4.93. The highest BCUT2D eigenvalue weighted by Crippen LogP contribution is 2.30. The van der Waals surface area contributed by atoms with Crippen LogP contribution in [0.1, 0.15) is 59.9 Å². The van der Waals surface area contributed by atoms with Crippen molar-refractivity contribution in [3.63, 3.8) is 0 Å². The first-order valence-corrected chi connectivity index (χ1v) is 10.2. The summed E-state index contributed by atoms with van der Waals surface area (Å²) in [5.74, 6) is 0.784. The van der Waals surface area contributed by atoms with E-state index in [9.17, 15) is 14.0 Å². The van der Waals surface area contributed by atoms with Crippen LogP contribution in [-0.4, -0.2) is 29.6 Å². The number of amides is 2. The molecule has 1 aromatic heterocycles. The number of benzene rings is 1. The number of carbonyl (C=O) groups is 2. The Hall–Kier alpha value is -2.96. The standard InChI is InChI=1S/C23H28FN3O3/c1-13-9-18(7-8-20(13)30-12-14(2)24)16(4)26-23(29)19-10-15(3)25-21(11-19)27-22(28)17-5-6-17/h7-11,14,16-17H,5-6,12H2,1-4H3,(H,26,29)(H,25,27,28). The lowest BCUT2D eigenvalue weighted by atomic mass is 10.0. The van der Waals surface area contributed by atoms with E-state index in [0.717, 1.165) is 24.0 Å². The Morgan fingerprint density at radius 1 is 1.20 bits per heavy atom. The van der Waals surface area contributed by atoms with Crippen LogP contribution in [0.2, 0.25) is 0 Å². The largest absolute Gasteiger partial charge is 0.490 e. The first-order chi connectivity index (χ1) is 14.2. The Morgan fingerprint density at radius 2 is 1.93 bits per heavy atom. The van der Waals surface area contributed by atoms with Crippen molar-refractivity contribution < 1.29 is 18.7 Å². The van der Waals surface area contributed by atoms with Crippen LogP contribution in [0.3, 0.4) is 0 Å². The van der Waals surface area contributed by atoms with Gasteiger partial charge < -0.3 is 15.4 Å². The third kappa shape index (κ3) is 5.78. The van der Waals surface area contributed by atoms with E-state index in [2.05, 4.69) is 15.6 Å². The van der Waals surface area contributed by atoms with E-state index in [1.807, 2.05) is 26.0 Å². The summed E-state index contributed by atoms with van der Waals surface area (Å²) in [7, 11) is 0. The van der Waals surface area contributed by atoms with Crippen LogP contribution in [0.5, 0.6) is 5.75 Å². The van der Waals surface area contributed by atoms with E-state index in [1.54, 1.807) is 25.1 Å². The molecule has 0 bridgehead atoms. The van der Waals surface area contributed by atoms with Crippen LogP contribution >= 0.6 is 0 Å². The first-order valence-electron chi connectivity index (χ1n) is 10.2. The fourth-order valence-corrected chi connectivity index (χ4v) is 3.11. The number of hydrogen-bond acceptors (Lipinski definition) is 4. The molecule has 2 N–H and O–H groups in total. The number of nitrogens with zero attached hydrogens (tertiary/aromatic N) is 1. The smallest absolute Gasteiger partial charge is 0.251 e. The second-order valence-corrected chi connectivity index (χ2v) is 7.96. The second kappa shape index (κ2) is 9.24. The zero-order valence-corrected chi connectivity index (χ0v) is 17.8. The topological polar surface area (TPSA) is 80.3 Å². The van der Waals surface area contributed by atoms with Gasteiger partial charge in [-0.25, -0.2) is 9.37 Å². The van der Waals surface area contributed by atoms with Gasteiger partial charge in [0.25, 0.3) is 5.91 Å². The highest BCUT2D eigenvalue weighted by molar-refractivity contribution is 5.97. The van der Waals surface area contributed by atoms with Crippen LogP contribution in [0.15, 0.2) is 30.3 Å². The van der Waals surface area contributed by atoms with Crippen LogP contribution in [-0.2, 0) is 4.79 Å². The van der Waals surface area contributed by atoms with E-state index in [4.69, 9.17) is 4.74 Å². The minimum Gasteiger partial charge on any atom is -0.490 e. The quantitative estimate of drug-likeness (QED) is 0.677. The molecule has 2 atom stereocenters. The Labute approximate surface area is 176 Å². The van der Waals surface area contributed by atoms with Gasteiger partial charge in [0, 0.05) is 17.2 Å². The maximum Gasteiger partial charge on any atom is 0.251 e. The summed E-state index contributed by atoms with van der Waals surface area (Å²) >= 11 is 0. The van der Waals surface area contributed by atoms with Crippen molar-refractivity contribution in [3.8, 4) is 5.75 Å². The van der Waals surface area contributed by atoms with Crippen LogP contribution < -0.4 is 15.4 Å². The maximum atomic E-state index is 13.0. The average Bonchev–Trinajstić information content (AvgIpc) is 3.51. The van der Waals surface area contributed by atoms with Crippen molar-refractivity contribution in [3.05, 3.63) is 52.7 Å². The number of ether oxygens (including phenoxy) is 1. The lowest BCUT2D eigenvalue weighted by Crippen LogP contribution is -2.27. The molecule has 1 heterocycles. The van der Waals surface area contributed by atoms with E-state index >= 15 is 0 Å². The molecule has 1 aliphatic rings. The highest BCUT2D eigenvalue weighted by Gasteiger charge is 2.30. The molecule has 1 aromatic carbocycles. The molecule has 1 fully saturated rings. The maximum absolute atomic E-state index is 13.0. The van der Waals surface area contributed by atoms with Crippen molar-refractivity contribution in [2.24, 2.45) is 5.92 Å². The lowest BCUT2D eigenvalue weighted by molar-refractivity contribution is -0.117. The second-order valence-electron chi connectivity index (χ2n) is 7.96. The minimum absolute atomic E-state index is 0.00743. The molecule has 0 saturated heterocycles. The van der Waals surface area contributed by atoms with E-state index in [0.29, 0.717) is 22.8 Å². The zero-order valence-electron chi connectivity index (χ0n) is 17.8. The zero-order chi connectivity index (χ0) is 21.8. The Morgan fingerprint density at radius 3 is 2.57 bits per heavy atom. The highest BCUT2D eigenvalue weighted by atomic mass is 19.1. The Bertz CT molecular complexity index is 941. The van der Waals surface area contributed by atoms with Gasteiger partial charge in [0.2, 0.25) is 5.91 Å². The molecule has 30 heavy (non-hydrogen) atoms. The summed E-state index contributed by atoms with van der Waals surface area (Å²) in [6.45, 7) is 7.02. The number of anilines is 1. The van der Waals surface area contributed by atoms with Gasteiger partial charge in [-0.2, -0.15) is 0 Å². The SMILES string of the molecule is Cc1cc(C(=O)NC(C)c2ccc(OCC(C)F)c(C)c2)cc(NC(=O)C2CC2)n1. The molecule has 3 rings (SSSR count). The lowest BCUT2D eigenvalue weighted by Gasteiger charge is -2.17. The summed E-state index contributed by atoms with van der Waals surface area (Å²) < 4.78 is 18.5. The molecule has 2 unspecified atom stereocenters. The predicted octanol–water partition coefficient (Wildman–Crippen LogP) is 4.27. The summed E-state index contributed by atoms with van der Waals surface area (Å²) in [6, 6.07) is 8.60. The molecule has 160 valence electrons. The number of alkyl halides is 1. The van der Waals surface area contributed by atoms with Crippen LogP contribution in [0.4, 0.5) is 10.2 Å². The van der Waals surface area contributed by atoms with Gasteiger partial charge in [-0.05, 0) is 69.9 Å². The number of halogens is 1. The number of carbonyl (C=O) groups excluding carboxylic acids is 2. The van der Waals surface area contributed by atoms with Gasteiger partial charge in [-0.3, -0.25) is 9.59 Å². The molecule has 1 saturated carbocycles. The van der Waals surface area contributed by atoms with Crippen molar-refractivity contribution in [2.75, 3.05) is 11.9 Å². The number of hydrogen-bond donors (Lipinski definition) is 2. The fourth-order valence-electron chi connectivity index (χ4n) is 3.11. The van der Waals surface area contributed by atoms with Gasteiger partial charge in [0.05, 0.1) is 6.04 Å².